The number of carboxylic acids is 1. The largest absolute Gasteiger partial charge is 0.481 e. The van der Waals surface area contributed by atoms with Crippen LogP contribution >= 0.6 is 22.9 Å². The maximum atomic E-state index is 12.4. The van der Waals surface area contributed by atoms with E-state index in [1.807, 2.05) is 0 Å². The second-order valence-corrected chi connectivity index (χ2v) is 7.57. The monoisotopic (exact) mass is 333 g/mol. The third-order valence-corrected chi connectivity index (χ3v) is 6.07. The quantitative estimate of drug-likeness (QED) is 0.912. The molecular weight excluding hydrogens is 322 g/mol. The minimum absolute atomic E-state index is 0.0738. The number of hydrogen-bond acceptors (Lipinski definition) is 4. The summed E-state index contributed by atoms with van der Waals surface area (Å²) in [5.74, 6) is -1.04. The van der Waals surface area contributed by atoms with Gasteiger partial charge in [-0.1, -0.05) is 11.6 Å². The van der Waals surface area contributed by atoms with E-state index in [1.54, 1.807) is 23.6 Å². The minimum Gasteiger partial charge on any atom is -0.481 e. The smallest absolute Gasteiger partial charge is 0.304 e. The molecule has 0 aliphatic carbocycles. The third kappa shape index (κ3) is 2.95. The normalized spacial score (nSPS) is 12.2. The van der Waals surface area contributed by atoms with Gasteiger partial charge in [-0.15, -0.1) is 11.3 Å². The van der Waals surface area contributed by atoms with Gasteiger partial charge in [-0.25, -0.2) is 12.7 Å². The van der Waals surface area contributed by atoms with Crippen molar-refractivity contribution in [3.8, 4) is 0 Å². The SMILES string of the molecule is CN(CCC(=O)O)S(=O)(=O)c1csc2ccc(Cl)cc12. The number of sulfonamides is 1. The zero-order valence-electron chi connectivity index (χ0n) is 10.5. The fourth-order valence-corrected chi connectivity index (χ4v) is 4.50. The van der Waals surface area contributed by atoms with Crippen LogP contribution in [0.3, 0.4) is 0 Å². The van der Waals surface area contributed by atoms with Gasteiger partial charge in [0.2, 0.25) is 10.0 Å². The molecule has 5 nitrogen and oxygen atoms in total. The molecule has 0 bridgehead atoms. The van der Waals surface area contributed by atoms with Crippen LogP contribution in [-0.2, 0) is 14.8 Å². The van der Waals surface area contributed by atoms with Crippen molar-refractivity contribution in [2.24, 2.45) is 0 Å². The fourth-order valence-electron chi connectivity index (χ4n) is 1.72. The fraction of sp³-hybridized carbons (Fsp3) is 0.250. The molecule has 0 saturated carbocycles. The Hall–Kier alpha value is -1.15. The van der Waals surface area contributed by atoms with Gasteiger partial charge in [-0.05, 0) is 18.2 Å². The summed E-state index contributed by atoms with van der Waals surface area (Å²) in [6.45, 7) is -0.0738. The Bertz CT molecular complexity index is 754. The highest BCUT2D eigenvalue weighted by atomic mass is 35.5. The van der Waals surface area contributed by atoms with Crippen molar-refractivity contribution < 1.29 is 18.3 Å². The van der Waals surface area contributed by atoms with Gasteiger partial charge < -0.3 is 5.11 Å². The van der Waals surface area contributed by atoms with Crippen LogP contribution in [0.2, 0.25) is 5.02 Å². The predicted octanol–water partition coefficient (Wildman–Crippen LogP) is 2.65. The molecule has 0 atom stereocenters. The van der Waals surface area contributed by atoms with Crippen LogP contribution in [0.5, 0.6) is 0 Å². The van der Waals surface area contributed by atoms with Gasteiger partial charge in [0.15, 0.2) is 0 Å². The number of aliphatic carboxylic acids is 1. The lowest BCUT2D eigenvalue weighted by Crippen LogP contribution is -2.29. The average Bonchev–Trinajstić information content (AvgIpc) is 2.79. The molecule has 1 aromatic heterocycles. The molecule has 20 heavy (non-hydrogen) atoms. The number of thiophene rings is 1. The van der Waals surface area contributed by atoms with E-state index in [-0.39, 0.29) is 17.9 Å². The number of nitrogens with zero attached hydrogens (tertiary/aromatic N) is 1. The van der Waals surface area contributed by atoms with E-state index in [0.717, 1.165) is 9.01 Å². The van der Waals surface area contributed by atoms with Gasteiger partial charge in [-0.3, -0.25) is 4.79 Å². The highest BCUT2D eigenvalue weighted by Crippen LogP contribution is 2.32. The summed E-state index contributed by atoms with van der Waals surface area (Å²) in [7, 11) is -2.35. The van der Waals surface area contributed by atoms with Gasteiger partial charge in [0.1, 0.15) is 4.90 Å². The average molecular weight is 334 g/mol. The molecule has 0 aliphatic heterocycles. The summed E-state index contributed by atoms with van der Waals surface area (Å²) >= 11 is 7.21. The maximum Gasteiger partial charge on any atom is 0.304 e. The molecule has 0 radical (unpaired) electrons. The van der Waals surface area contributed by atoms with Crippen molar-refractivity contribution >= 4 is 49.0 Å². The molecule has 1 heterocycles. The number of fused-ring (bicyclic) bond motifs is 1. The summed E-state index contributed by atoms with van der Waals surface area (Å²) in [5.41, 5.74) is 0. The summed E-state index contributed by atoms with van der Waals surface area (Å²) < 4.78 is 26.7. The molecule has 1 aromatic carbocycles. The number of hydrogen-bond donors (Lipinski definition) is 1. The van der Waals surface area contributed by atoms with Crippen LogP contribution in [0.25, 0.3) is 10.1 Å². The number of carboxylic acid groups (broad SMARTS) is 1. The van der Waals surface area contributed by atoms with E-state index in [1.165, 1.54) is 18.4 Å². The standard InChI is InChI=1S/C12H12ClNO4S2/c1-14(5-4-12(15)16)20(17,18)11-7-19-10-3-2-8(13)6-9(10)11/h2-3,6-7H,4-5H2,1H3,(H,15,16). The molecule has 0 saturated heterocycles. The first kappa shape index (κ1) is 15.2. The first-order valence-electron chi connectivity index (χ1n) is 5.67. The number of carbonyl (C=O) groups is 1. The Kier molecular flexibility index (Phi) is 4.33. The molecule has 2 aromatic rings. The van der Waals surface area contributed by atoms with E-state index in [9.17, 15) is 13.2 Å². The van der Waals surface area contributed by atoms with Crippen molar-refractivity contribution in [2.45, 2.75) is 11.3 Å². The number of halogens is 1. The van der Waals surface area contributed by atoms with Gasteiger partial charge in [-0.2, -0.15) is 0 Å². The molecule has 108 valence electrons. The molecule has 0 unspecified atom stereocenters. The maximum absolute atomic E-state index is 12.4. The Morgan fingerprint density at radius 3 is 2.80 bits per heavy atom. The zero-order chi connectivity index (χ0) is 14.9. The Morgan fingerprint density at radius 2 is 2.15 bits per heavy atom. The molecule has 1 N–H and O–H groups in total. The molecule has 0 aliphatic rings. The van der Waals surface area contributed by atoms with Crippen molar-refractivity contribution in [3.05, 3.63) is 28.6 Å². The summed E-state index contributed by atoms with van der Waals surface area (Å²) in [6.07, 6.45) is -0.238. The topological polar surface area (TPSA) is 74.7 Å². The van der Waals surface area contributed by atoms with Crippen LogP contribution in [0.4, 0.5) is 0 Å². The van der Waals surface area contributed by atoms with Crippen LogP contribution in [0.15, 0.2) is 28.5 Å². The number of rotatable bonds is 5. The minimum atomic E-state index is -3.71. The molecule has 8 heteroatoms. The lowest BCUT2D eigenvalue weighted by Gasteiger charge is -2.15. The number of benzene rings is 1. The molecule has 2 rings (SSSR count). The van der Waals surface area contributed by atoms with Crippen molar-refractivity contribution in [1.82, 2.24) is 4.31 Å². The van der Waals surface area contributed by atoms with Crippen LogP contribution in [-0.4, -0.2) is 37.4 Å². The predicted molar refractivity (Wildman–Crippen MR) is 78.9 cm³/mol. The highest BCUT2D eigenvalue weighted by molar-refractivity contribution is 7.89. The summed E-state index contributed by atoms with van der Waals surface area (Å²) in [5, 5.41) is 11.2. The van der Waals surface area contributed by atoms with Gasteiger partial charge in [0.05, 0.1) is 6.42 Å². The van der Waals surface area contributed by atoms with Crippen molar-refractivity contribution in [1.29, 1.82) is 0 Å². The van der Waals surface area contributed by atoms with E-state index >= 15 is 0 Å². The Labute approximate surface area is 125 Å². The molecule has 0 fully saturated rings. The second kappa shape index (κ2) is 5.69. The van der Waals surface area contributed by atoms with E-state index in [4.69, 9.17) is 16.7 Å². The van der Waals surface area contributed by atoms with Gasteiger partial charge in [0, 0.05) is 34.1 Å². The van der Waals surface area contributed by atoms with Crippen molar-refractivity contribution in [3.63, 3.8) is 0 Å². The van der Waals surface area contributed by atoms with Gasteiger partial charge >= 0.3 is 5.97 Å². The molecule has 0 amide bonds. The highest BCUT2D eigenvalue weighted by Gasteiger charge is 2.24. The third-order valence-electron chi connectivity index (χ3n) is 2.83. The second-order valence-electron chi connectivity index (χ2n) is 4.21. The van der Waals surface area contributed by atoms with E-state index in [2.05, 4.69) is 0 Å². The van der Waals surface area contributed by atoms with Gasteiger partial charge in [0.25, 0.3) is 0 Å². The molecule has 0 spiro atoms. The first-order valence-corrected chi connectivity index (χ1v) is 8.37. The molecular formula is C12H12ClNO4S2. The van der Waals surface area contributed by atoms with Crippen LogP contribution in [0.1, 0.15) is 6.42 Å². The Balaban J connectivity index is 2.41. The zero-order valence-corrected chi connectivity index (χ0v) is 12.9. The van der Waals surface area contributed by atoms with E-state index < -0.39 is 16.0 Å². The van der Waals surface area contributed by atoms with Crippen molar-refractivity contribution in [2.75, 3.05) is 13.6 Å². The van der Waals surface area contributed by atoms with E-state index in [0.29, 0.717) is 10.4 Å². The lowest BCUT2D eigenvalue weighted by molar-refractivity contribution is -0.137. The van der Waals surface area contributed by atoms with Crippen LogP contribution in [0, 0.1) is 0 Å². The van der Waals surface area contributed by atoms with Crippen LogP contribution < -0.4 is 0 Å². The first-order chi connectivity index (χ1) is 9.32. The lowest BCUT2D eigenvalue weighted by atomic mass is 10.3. The summed E-state index contributed by atoms with van der Waals surface area (Å²) in [4.78, 5) is 10.7. The summed E-state index contributed by atoms with van der Waals surface area (Å²) in [6, 6.07) is 5.06. The Morgan fingerprint density at radius 1 is 1.45 bits per heavy atom.